The molecule has 0 aromatic carbocycles. The Morgan fingerprint density at radius 2 is 0.679 bits per heavy atom. The maximum atomic E-state index is 14.5. The molecule has 37 N–H and O–H groups in total. The number of carbonyl (C=O) groups excluding carboxylic acids is 5. The molecule has 0 radical (unpaired) electrons. The van der Waals surface area contributed by atoms with Crippen LogP contribution in [0.1, 0.15) is 39.5 Å². The van der Waals surface area contributed by atoms with Crippen molar-refractivity contribution in [2.45, 2.75) is 307 Å². The van der Waals surface area contributed by atoms with E-state index in [-0.39, 0.29) is 0 Å². The van der Waals surface area contributed by atoms with E-state index in [0.29, 0.717) is 6.92 Å². The molecule has 0 aromatic heterocycles. The van der Waals surface area contributed by atoms with Gasteiger partial charge in [0.05, 0.1) is 101 Å². The number of aliphatic hydroxyl groups is 28. The van der Waals surface area contributed by atoms with E-state index in [1.54, 1.807) is 0 Å². The van der Waals surface area contributed by atoms with Crippen molar-refractivity contribution >= 4 is 53.4 Å². The standard InChI is InChI=1S/C70H113N5O56/c1-18(86)71-35-21(89)4-68(64(111)112,127-53(35)40(98)24(92)7-76)125-28(11-80)44(102)56-38(75-34(97)16-85)23(91)6-70(129-56,66(115)116)131-58-49(107)62(122-50-29(12-81)118-59(108)47(105)46(50)104)120-30(13-82)51(58)123-60-39(72-19(2)87)52(45(103)31(121-60)17-117-67(63(109)110)3-20(88)36(73-32(95)14-83)54(126-67)41(99)25(93)8-77)124-61-48(106)57(43(101)27(10-79)119-61)130-69(65(113)114)5-22(90)37(74-33(96)15-84)55(128-69)42(100)26(94)9-78/h20-31,35-62,76-85,88-94,98-108H,3-17H2,1-2H3,(H,71,86)(H,72,87)(H,73,95)(H,74,96)(H,75,97)(H,109,110)(H,111,112)(H,113,114)(H,115,116)/t20-,21-,22-,23-,24+,25+,26+,27+,28+,29+,30+,31+,35+,36+,37+,38+,39+,40+,41+,42+,43-,44+,45-,46+,47+,48+,49+,50+,51-,52+,53+,54+,55+,56+,57-,58+,59+,60-,61-,62-,67+,68+,69-,70-/m0/s1. The van der Waals surface area contributed by atoms with Crippen LogP contribution >= 0.6 is 0 Å². The number of aliphatic carboxylic acids is 4. The van der Waals surface area contributed by atoms with Gasteiger partial charge in [0, 0.05) is 39.5 Å². The minimum absolute atomic E-state index is 0.670. The van der Waals surface area contributed by atoms with Crippen molar-refractivity contribution in [2.75, 3.05) is 72.7 Å². The van der Waals surface area contributed by atoms with Gasteiger partial charge in [-0.15, -0.1) is 0 Å². The third kappa shape index (κ3) is 24.2. The van der Waals surface area contributed by atoms with Crippen molar-refractivity contribution in [2.24, 2.45) is 0 Å². The average Bonchev–Trinajstić information content (AvgIpc) is 0.740. The minimum Gasteiger partial charge on any atom is -0.477 e. The first kappa shape index (κ1) is 110. The lowest BCUT2D eigenvalue weighted by Gasteiger charge is -2.53. The number of carboxylic acids is 4. The number of ether oxygens (including phenoxy) is 15. The summed E-state index contributed by atoms with van der Waals surface area (Å²) in [6.07, 6.45) is -96.9. The highest BCUT2D eigenvalue weighted by Crippen LogP contribution is 2.45. The maximum absolute atomic E-state index is 14.5. The third-order valence-electron chi connectivity index (χ3n) is 22.9. The Balaban J connectivity index is 1.31. The topological polar surface area (TPSA) is 1000 Å². The quantitative estimate of drug-likeness (QED) is 0.0270. The summed E-state index contributed by atoms with van der Waals surface area (Å²) in [5.41, 5.74) is 0. The molecule has 61 nitrogen and oxygen atoms in total. The van der Waals surface area contributed by atoms with Crippen molar-refractivity contribution in [1.29, 1.82) is 0 Å². The smallest absolute Gasteiger partial charge is 0.364 e. The highest BCUT2D eigenvalue weighted by molar-refractivity contribution is 5.81. The van der Waals surface area contributed by atoms with Gasteiger partial charge in [-0.3, -0.25) is 24.0 Å². The molecule has 5 amide bonds. The highest BCUT2D eigenvalue weighted by Gasteiger charge is 2.67. The van der Waals surface area contributed by atoms with Gasteiger partial charge in [0.1, 0.15) is 191 Å². The number of hydrogen-bond acceptors (Lipinski definition) is 52. The third-order valence-corrected chi connectivity index (χ3v) is 22.9. The maximum Gasteiger partial charge on any atom is 0.364 e. The van der Waals surface area contributed by atoms with Crippen LogP contribution in [0.3, 0.4) is 0 Å². The summed E-state index contributed by atoms with van der Waals surface area (Å²) in [5, 5.41) is 365. The van der Waals surface area contributed by atoms with Crippen LogP contribution in [0.15, 0.2) is 0 Å². The molecule has 0 unspecified atom stereocenters. The van der Waals surface area contributed by atoms with E-state index in [2.05, 4.69) is 10.6 Å². The van der Waals surface area contributed by atoms with Gasteiger partial charge in [0.2, 0.25) is 29.5 Å². The van der Waals surface area contributed by atoms with E-state index in [9.17, 15) is 207 Å². The van der Waals surface area contributed by atoms with Crippen LogP contribution in [-0.4, -0.2) is 557 Å². The van der Waals surface area contributed by atoms with Crippen molar-refractivity contribution in [3.05, 3.63) is 0 Å². The molecule has 0 aromatic rings. The molecule has 131 heavy (non-hydrogen) atoms. The second-order valence-electron chi connectivity index (χ2n) is 31.9. The summed E-state index contributed by atoms with van der Waals surface area (Å²) >= 11 is 0. The number of amides is 5. The summed E-state index contributed by atoms with van der Waals surface area (Å²) in [5.74, 6) is -31.0. The average molecular weight is 1920 g/mol. The Hall–Kier alpha value is -6.49. The zero-order valence-corrected chi connectivity index (χ0v) is 68.8. The van der Waals surface area contributed by atoms with Crippen LogP contribution in [0.25, 0.3) is 0 Å². The van der Waals surface area contributed by atoms with Crippen molar-refractivity contribution < 1.29 is 278 Å². The molecule has 44 atom stereocenters. The summed E-state index contributed by atoms with van der Waals surface area (Å²) in [7, 11) is 0. The number of hydrogen-bond donors (Lipinski definition) is 37. The SMILES string of the molecule is CC(=O)N[C@H]1[C@H](O[C@@H]2[C@H](O[C@]3(C(=O)O)C[C@H](O)[C@@H](NC(=O)CO)[C@H]([C@H](O)[C@@H](CO)O[C@]4(C(=O)O)C[C@H](O)[C@@H](NC(C)=O)[C@H]([C@H](O)[C@H](O)CO)O4)O3)[C@@H](O)[C@H](O[C@H]3[C@H](O)[C@@H](O)[C@H](O)O[C@@H]3CO)O[C@@H]2CO)O[C@H](CO[C@]2(C(=O)O)C[C@H](O)[C@@H](NC(=O)CO)[C@H]([C@H](O)[C@H](O)CO)O2)[C@H](O)[C@@H]1O[C@@H]1O[C@H](CO)[C@H](O)[C@H](O[C@]2(C(=O)O)C[C@H](O)[C@@H](NC(=O)CO)[C@H]([C@H](O)[C@H](O)CO)O2)[C@H]1O. The molecule has 8 aliphatic rings. The van der Waals surface area contributed by atoms with Crippen LogP contribution in [0.2, 0.25) is 0 Å². The molecule has 8 rings (SSSR count). The highest BCUT2D eigenvalue weighted by atomic mass is 16.8. The Kier molecular flexibility index (Phi) is 39.0. The summed E-state index contributed by atoms with van der Waals surface area (Å²) in [4.78, 5) is 120. The summed E-state index contributed by atoms with van der Waals surface area (Å²) < 4.78 is 88.0. The molecule has 0 bridgehead atoms. The Morgan fingerprint density at radius 1 is 0.344 bits per heavy atom. The first-order valence-corrected chi connectivity index (χ1v) is 40.1. The number of rotatable bonds is 42. The Morgan fingerprint density at radius 3 is 1.08 bits per heavy atom. The lowest BCUT2D eigenvalue weighted by molar-refractivity contribution is -0.406. The molecule has 61 heteroatoms. The van der Waals surface area contributed by atoms with Gasteiger partial charge in [-0.05, 0) is 0 Å². The van der Waals surface area contributed by atoms with Gasteiger partial charge in [-0.1, -0.05) is 0 Å². The fourth-order valence-electron chi connectivity index (χ4n) is 16.2. The van der Waals surface area contributed by atoms with Crippen LogP contribution in [-0.2, 0) is 114 Å². The molecule has 0 saturated carbocycles. The van der Waals surface area contributed by atoms with Gasteiger partial charge in [0.15, 0.2) is 25.2 Å². The molecular formula is C70H113N5O56. The van der Waals surface area contributed by atoms with E-state index < -0.39 is 420 Å². The molecule has 754 valence electrons. The van der Waals surface area contributed by atoms with E-state index in [1.807, 2.05) is 16.0 Å². The monoisotopic (exact) mass is 1920 g/mol. The van der Waals surface area contributed by atoms with Gasteiger partial charge < -0.3 is 261 Å². The largest absolute Gasteiger partial charge is 0.477 e. The normalized spacial score (nSPS) is 41.8. The second-order valence-corrected chi connectivity index (χ2v) is 31.9. The number of carboxylic acid groups (broad SMARTS) is 4. The van der Waals surface area contributed by atoms with E-state index in [4.69, 9.17) is 71.1 Å². The summed E-state index contributed by atoms with van der Waals surface area (Å²) in [6, 6.07) is -11.1. The van der Waals surface area contributed by atoms with E-state index in [0.717, 1.165) is 6.92 Å². The number of nitrogens with one attached hydrogen (secondary N) is 5. The Labute approximate surface area is 735 Å². The molecule has 8 fully saturated rings. The molecule has 0 spiro atoms. The van der Waals surface area contributed by atoms with Crippen LogP contribution in [0.5, 0.6) is 0 Å². The zero-order valence-electron chi connectivity index (χ0n) is 68.8. The Bertz CT molecular complexity index is 3780. The minimum atomic E-state index is -4.01. The van der Waals surface area contributed by atoms with Gasteiger partial charge in [0.25, 0.3) is 23.1 Å². The van der Waals surface area contributed by atoms with Crippen LogP contribution in [0.4, 0.5) is 0 Å². The number of aliphatic hydroxyl groups excluding tert-OH is 28. The molecular weight excluding hydrogens is 1810 g/mol. The lowest BCUT2D eigenvalue weighted by atomic mass is 9.87. The van der Waals surface area contributed by atoms with Crippen molar-refractivity contribution in [1.82, 2.24) is 26.6 Å². The van der Waals surface area contributed by atoms with Gasteiger partial charge >= 0.3 is 23.9 Å². The fourth-order valence-corrected chi connectivity index (χ4v) is 16.2. The number of carbonyl (C=O) groups is 9. The summed E-state index contributed by atoms with van der Waals surface area (Å²) in [6.45, 7) is -14.7. The van der Waals surface area contributed by atoms with Crippen molar-refractivity contribution in [3.63, 3.8) is 0 Å². The fraction of sp³-hybridized carbons (Fsp3) is 0.871. The molecule has 8 saturated heterocycles. The predicted octanol–water partition coefficient (Wildman–Crippen LogP) is -24.0. The zero-order chi connectivity index (χ0) is 98.0. The molecule has 8 heterocycles. The molecule has 8 aliphatic heterocycles. The second kappa shape index (κ2) is 46.6. The van der Waals surface area contributed by atoms with E-state index >= 15 is 0 Å². The van der Waals surface area contributed by atoms with Crippen LogP contribution in [0, 0.1) is 0 Å². The molecule has 0 aliphatic carbocycles. The van der Waals surface area contributed by atoms with Gasteiger partial charge in [-0.2, -0.15) is 0 Å². The van der Waals surface area contributed by atoms with Crippen LogP contribution < -0.4 is 26.6 Å². The van der Waals surface area contributed by atoms with Crippen molar-refractivity contribution in [3.8, 4) is 0 Å². The van der Waals surface area contributed by atoms with E-state index in [1.165, 1.54) is 0 Å². The first-order valence-electron chi connectivity index (χ1n) is 40.1. The first-order chi connectivity index (χ1) is 61.5. The van der Waals surface area contributed by atoms with Gasteiger partial charge in [-0.25, -0.2) is 19.2 Å². The predicted molar refractivity (Wildman–Crippen MR) is 395 cm³/mol. The lowest BCUT2D eigenvalue weighted by Crippen LogP contribution is -2.73.